The molecule has 4 rings (SSSR count). The lowest BCUT2D eigenvalue weighted by Gasteiger charge is -2.20. The zero-order valence-electron chi connectivity index (χ0n) is 16.3. The third kappa shape index (κ3) is 3.92. The van der Waals surface area contributed by atoms with Gasteiger partial charge in [-0.25, -0.2) is 4.98 Å². The predicted molar refractivity (Wildman–Crippen MR) is 117 cm³/mol. The third-order valence-corrected chi connectivity index (χ3v) is 5.72. The Morgan fingerprint density at radius 3 is 2.62 bits per heavy atom. The van der Waals surface area contributed by atoms with E-state index in [9.17, 15) is 9.59 Å². The van der Waals surface area contributed by atoms with Gasteiger partial charge in [-0.3, -0.25) is 14.5 Å². The van der Waals surface area contributed by atoms with E-state index in [1.165, 1.54) is 17.6 Å². The van der Waals surface area contributed by atoms with Crippen LogP contribution in [-0.2, 0) is 0 Å². The van der Waals surface area contributed by atoms with Gasteiger partial charge >= 0.3 is 0 Å². The molecule has 0 aliphatic rings. The summed E-state index contributed by atoms with van der Waals surface area (Å²) in [5, 5.41) is 0.985. The van der Waals surface area contributed by atoms with Crippen LogP contribution >= 0.6 is 11.3 Å². The van der Waals surface area contributed by atoms with Crippen molar-refractivity contribution in [3.8, 4) is 0 Å². The van der Waals surface area contributed by atoms with Crippen molar-refractivity contribution in [3.05, 3.63) is 70.6 Å². The number of amides is 1. The number of carbonyl (C=O) groups excluding carboxylic acids is 1. The number of hydrogen-bond donors (Lipinski definition) is 0. The van der Waals surface area contributed by atoms with Gasteiger partial charge in [-0.05, 0) is 51.3 Å². The summed E-state index contributed by atoms with van der Waals surface area (Å²) in [7, 11) is 3.98. The monoisotopic (exact) mass is 407 g/mol. The van der Waals surface area contributed by atoms with E-state index in [2.05, 4.69) is 9.88 Å². The molecule has 0 aliphatic heterocycles. The maximum Gasteiger partial charge on any atom is 0.267 e. The maximum atomic E-state index is 13.4. The van der Waals surface area contributed by atoms with Gasteiger partial charge in [0.15, 0.2) is 5.13 Å². The van der Waals surface area contributed by atoms with Crippen LogP contribution in [0.25, 0.3) is 21.2 Å². The Kier molecular flexibility index (Phi) is 5.42. The van der Waals surface area contributed by atoms with Gasteiger partial charge in [-0.1, -0.05) is 35.6 Å². The SMILES string of the molecule is CN(C)CCCN(C(=O)c1coc2ccccc2c1=O)c1nc2ccccc2s1. The fraction of sp³-hybridized carbons (Fsp3) is 0.227. The van der Waals surface area contributed by atoms with Crippen molar-refractivity contribution in [1.82, 2.24) is 9.88 Å². The van der Waals surface area contributed by atoms with Crippen LogP contribution in [0.2, 0.25) is 0 Å². The molecule has 0 fully saturated rings. The Hall–Kier alpha value is -3.03. The zero-order chi connectivity index (χ0) is 20.4. The molecule has 0 unspecified atom stereocenters. The quantitative estimate of drug-likeness (QED) is 0.483. The van der Waals surface area contributed by atoms with Crippen molar-refractivity contribution in [3.63, 3.8) is 0 Å². The molecular weight excluding hydrogens is 386 g/mol. The van der Waals surface area contributed by atoms with Gasteiger partial charge in [-0.15, -0.1) is 0 Å². The Bertz CT molecular complexity index is 1200. The van der Waals surface area contributed by atoms with Crippen LogP contribution in [0.4, 0.5) is 5.13 Å². The van der Waals surface area contributed by atoms with E-state index >= 15 is 0 Å². The van der Waals surface area contributed by atoms with E-state index in [1.54, 1.807) is 29.2 Å². The van der Waals surface area contributed by atoms with Gasteiger partial charge < -0.3 is 9.32 Å². The Morgan fingerprint density at radius 2 is 1.83 bits per heavy atom. The minimum absolute atomic E-state index is 0.0211. The summed E-state index contributed by atoms with van der Waals surface area (Å²) < 4.78 is 6.56. The number of aromatic nitrogens is 1. The van der Waals surface area contributed by atoms with Crippen LogP contribution in [0.3, 0.4) is 0 Å². The molecule has 7 heteroatoms. The highest BCUT2D eigenvalue weighted by molar-refractivity contribution is 7.22. The van der Waals surface area contributed by atoms with Gasteiger partial charge in [0.25, 0.3) is 5.91 Å². The number of rotatable bonds is 6. The molecule has 0 spiro atoms. The number of anilines is 1. The second-order valence-electron chi connectivity index (χ2n) is 7.05. The van der Waals surface area contributed by atoms with Crippen molar-refractivity contribution in [2.45, 2.75) is 6.42 Å². The highest BCUT2D eigenvalue weighted by atomic mass is 32.1. The summed E-state index contributed by atoms with van der Waals surface area (Å²) in [5.74, 6) is -0.387. The van der Waals surface area contributed by atoms with Gasteiger partial charge in [0, 0.05) is 6.54 Å². The molecule has 2 aromatic heterocycles. The summed E-state index contributed by atoms with van der Waals surface area (Å²) in [6, 6.07) is 14.7. The van der Waals surface area contributed by atoms with E-state index in [4.69, 9.17) is 4.42 Å². The summed E-state index contributed by atoms with van der Waals surface area (Å²) >= 11 is 1.44. The second kappa shape index (κ2) is 8.14. The molecule has 0 bridgehead atoms. The van der Waals surface area contributed by atoms with E-state index in [-0.39, 0.29) is 16.9 Å². The second-order valence-corrected chi connectivity index (χ2v) is 8.06. The molecule has 4 aromatic rings. The third-order valence-electron chi connectivity index (χ3n) is 4.66. The summed E-state index contributed by atoms with van der Waals surface area (Å²) in [5.41, 5.74) is 1.00. The molecule has 1 amide bonds. The molecule has 0 N–H and O–H groups in total. The number of fused-ring (bicyclic) bond motifs is 2. The van der Waals surface area contributed by atoms with Gasteiger partial charge in [0.05, 0.1) is 15.6 Å². The standard InChI is InChI=1S/C22H21N3O3S/c1-24(2)12-7-13-25(22-23-17-9-4-6-11-19(17)29-22)21(27)16-14-28-18-10-5-3-8-15(18)20(16)26/h3-6,8-11,14H,7,12-13H2,1-2H3. The molecule has 0 aliphatic carbocycles. The highest BCUT2D eigenvalue weighted by Crippen LogP contribution is 2.29. The van der Waals surface area contributed by atoms with E-state index in [1.807, 2.05) is 38.4 Å². The van der Waals surface area contributed by atoms with Gasteiger partial charge in [-0.2, -0.15) is 0 Å². The Morgan fingerprint density at radius 1 is 1.07 bits per heavy atom. The van der Waals surface area contributed by atoms with Crippen LogP contribution < -0.4 is 10.3 Å². The van der Waals surface area contributed by atoms with Crippen LogP contribution in [0.5, 0.6) is 0 Å². The molecule has 0 saturated carbocycles. The zero-order valence-corrected chi connectivity index (χ0v) is 17.1. The van der Waals surface area contributed by atoms with Gasteiger partial charge in [0.2, 0.25) is 5.43 Å². The lowest BCUT2D eigenvalue weighted by Crippen LogP contribution is -2.36. The molecule has 2 aromatic carbocycles. The number of hydrogen-bond acceptors (Lipinski definition) is 6. The summed E-state index contributed by atoms with van der Waals surface area (Å²) in [4.78, 5) is 34.6. The number of para-hydroxylation sites is 2. The van der Waals surface area contributed by atoms with Crippen LogP contribution in [0, 0.1) is 0 Å². The molecular formula is C22H21N3O3S. The van der Waals surface area contributed by atoms with E-state index in [0.29, 0.717) is 22.6 Å². The number of benzene rings is 2. The largest absolute Gasteiger partial charge is 0.463 e. The molecule has 29 heavy (non-hydrogen) atoms. The average molecular weight is 407 g/mol. The topological polar surface area (TPSA) is 66.7 Å². The lowest BCUT2D eigenvalue weighted by atomic mass is 10.1. The first-order chi connectivity index (χ1) is 14.0. The van der Waals surface area contributed by atoms with E-state index in [0.717, 1.165) is 23.2 Å². The number of carbonyl (C=O) groups is 1. The molecule has 148 valence electrons. The van der Waals surface area contributed by atoms with Gasteiger partial charge in [0.1, 0.15) is 17.4 Å². The van der Waals surface area contributed by atoms with Crippen molar-refractivity contribution >= 4 is 43.6 Å². The fourth-order valence-corrected chi connectivity index (χ4v) is 4.17. The van der Waals surface area contributed by atoms with Crippen LogP contribution in [0.15, 0.2) is 64.0 Å². The molecule has 2 heterocycles. The minimum Gasteiger partial charge on any atom is -0.463 e. The Balaban J connectivity index is 1.74. The lowest BCUT2D eigenvalue weighted by molar-refractivity contribution is 0.0983. The predicted octanol–water partition coefficient (Wildman–Crippen LogP) is 4.00. The summed E-state index contributed by atoms with van der Waals surface area (Å²) in [6.07, 6.45) is 2.02. The first kappa shape index (κ1) is 19.3. The molecule has 6 nitrogen and oxygen atoms in total. The van der Waals surface area contributed by atoms with E-state index < -0.39 is 0 Å². The molecule has 0 saturated heterocycles. The van der Waals surface area contributed by atoms with Crippen LogP contribution in [0.1, 0.15) is 16.8 Å². The minimum atomic E-state index is -0.387. The first-order valence-electron chi connectivity index (χ1n) is 9.37. The maximum absolute atomic E-state index is 13.4. The number of nitrogens with zero attached hydrogens (tertiary/aromatic N) is 3. The Labute approximate surface area is 172 Å². The molecule has 0 atom stereocenters. The fourth-order valence-electron chi connectivity index (χ4n) is 3.18. The van der Waals surface area contributed by atoms with Crippen molar-refractivity contribution < 1.29 is 9.21 Å². The first-order valence-corrected chi connectivity index (χ1v) is 10.2. The normalized spacial score (nSPS) is 11.4. The number of thiazole rings is 1. The van der Waals surface area contributed by atoms with Crippen molar-refractivity contribution in [1.29, 1.82) is 0 Å². The smallest absolute Gasteiger partial charge is 0.267 e. The average Bonchev–Trinajstić information content (AvgIpc) is 3.15. The van der Waals surface area contributed by atoms with Crippen molar-refractivity contribution in [2.24, 2.45) is 0 Å². The van der Waals surface area contributed by atoms with Crippen molar-refractivity contribution in [2.75, 3.05) is 32.1 Å². The van der Waals surface area contributed by atoms with Crippen LogP contribution in [-0.4, -0.2) is 43.0 Å². The highest BCUT2D eigenvalue weighted by Gasteiger charge is 2.24. The molecule has 0 radical (unpaired) electrons. The summed E-state index contributed by atoms with van der Waals surface area (Å²) in [6.45, 7) is 1.28.